The Morgan fingerprint density at radius 1 is 1.19 bits per heavy atom. The third-order valence-electron chi connectivity index (χ3n) is 4.50. The van der Waals surface area contributed by atoms with Crippen LogP contribution in [0.15, 0.2) is 51.9 Å². The first kappa shape index (κ1) is 19.5. The molecule has 1 unspecified atom stereocenters. The maximum atomic E-state index is 10.9. The van der Waals surface area contributed by atoms with Crippen LogP contribution in [0.5, 0.6) is 11.5 Å². The van der Waals surface area contributed by atoms with E-state index < -0.39 is 5.60 Å². The summed E-state index contributed by atoms with van der Waals surface area (Å²) in [5, 5.41) is 14.0. The molecule has 4 N–H and O–H groups in total. The second kappa shape index (κ2) is 8.63. The van der Waals surface area contributed by atoms with Gasteiger partial charge in [-0.15, -0.1) is 0 Å². The first-order valence-electron chi connectivity index (χ1n) is 8.95. The Kier molecular flexibility index (Phi) is 6.23. The highest BCUT2D eigenvalue weighted by Crippen LogP contribution is 2.32. The summed E-state index contributed by atoms with van der Waals surface area (Å²) in [4.78, 5) is 4.34. The average molecular weight is 434 g/mol. The highest BCUT2D eigenvalue weighted by molar-refractivity contribution is 9.10. The number of nitrogens with two attached hydrogens (primary N) is 1. The maximum absolute atomic E-state index is 10.9. The Labute approximate surface area is 167 Å². The van der Waals surface area contributed by atoms with Crippen molar-refractivity contribution in [1.29, 1.82) is 0 Å². The number of rotatable bonds is 5. The van der Waals surface area contributed by atoms with Crippen molar-refractivity contribution in [1.82, 2.24) is 0 Å². The van der Waals surface area contributed by atoms with Gasteiger partial charge in [-0.1, -0.05) is 35.0 Å². The number of hydrogen-bond donors (Lipinski definition) is 3. The minimum atomic E-state index is -1.07. The van der Waals surface area contributed by atoms with Crippen molar-refractivity contribution in [3.05, 3.63) is 52.5 Å². The summed E-state index contributed by atoms with van der Waals surface area (Å²) in [6.45, 7) is 3.35. The van der Waals surface area contributed by atoms with Crippen LogP contribution in [0.1, 0.15) is 25.3 Å². The largest absolute Gasteiger partial charge is 0.490 e. The van der Waals surface area contributed by atoms with E-state index in [1.807, 2.05) is 49.4 Å². The van der Waals surface area contributed by atoms with Gasteiger partial charge in [-0.3, -0.25) is 0 Å². The van der Waals surface area contributed by atoms with Gasteiger partial charge >= 0.3 is 0 Å². The van der Waals surface area contributed by atoms with Crippen LogP contribution in [0.3, 0.4) is 0 Å². The van der Waals surface area contributed by atoms with Crippen molar-refractivity contribution in [2.24, 2.45) is 10.7 Å². The summed E-state index contributed by atoms with van der Waals surface area (Å²) in [6, 6.07) is 13.1. The molecule has 2 aromatic rings. The van der Waals surface area contributed by atoms with Crippen molar-refractivity contribution in [2.45, 2.75) is 25.4 Å². The van der Waals surface area contributed by atoms with Crippen molar-refractivity contribution in [3.8, 4) is 11.5 Å². The quantitative estimate of drug-likeness (QED) is 0.494. The monoisotopic (exact) mass is 433 g/mol. The summed E-state index contributed by atoms with van der Waals surface area (Å²) in [6.07, 6.45) is 1.38. The molecule has 0 spiro atoms. The molecule has 2 aromatic carbocycles. The van der Waals surface area contributed by atoms with Crippen molar-refractivity contribution in [2.75, 3.05) is 25.1 Å². The number of aliphatic hydroxyl groups is 1. The second-order valence-corrected chi connectivity index (χ2v) is 7.35. The standard InChI is InChI=1S/C20H24BrN3O3/c1-2-20(25,14-4-6-15(21)7-5-14)13-23-19(22)24-16-8-9-17-18(12-16)27-11-3-10-26-17/h4-9,12,25H,2-3,10-11,13H2,1H3,(H3,22,23,24). The summed E-state index contributed by atoms with van der Waals surface area (Å²) in [5.74, 6) is 1.64. The summed E-state index contributed by atoms with van der Waals surface area (Å²) < 4.78 is 12.3. The number of hydrogen-bond acceptors (Lipinski definition) is 4. The minimum Gasteiger partial charge on any atom is -0.490 e. The van der Waals surface area contributed by atoms with Crippen LogP contribution in [0, 0.1) is 0 Å². The van der Waals surface area contributed by atoms with Gasteiger partial charge < -0.3 is 25.6 Å². The third-order valence-corrected chi connectivity index (χ3v) is 5.03. The molecule has 1 heterocycles. The van der Waals surface area contributed by atoms with Crippen LogP contribution in [-0.2, 0) is 5.60 Å². The van der Waals surface area contributed by atoms with Crippen LogP contribution < -0.4 is 20.5 Å². The van der Waals surface area contributed by atoms with Gasteiger partial charge in [-0.2, -0.15) is 0 Å². The van der Waals surface area contributed by atoms with Crippen molar-refractivity contribution >= 4 is 27.6 Å². The Hall–Kier alpha value is -2.25. The number of halogens is 1. The van der Waals surface area contributed by atoms with Gasteiger partial charge in [0.2, 0.25) is 0 Å². The zero-order valence-electron chi connectivity index (χ0n) is 15.2. The second-order valence-electron chi connectivity index (χ2n) is 6.43. The first-order chi connectivity index (χ1) is 13.0. The minimum absolute atomic E-state index is 0.161. The molecule has 1 atom stereocenters. The maximum Gasteiger partial charge on any atom is 0.193 e. The zero-order chi connectivity index (χ0) is 19.3. The van der Waals surface area contributed by atoms with Gasteiger partial charge in [0.15, 0.2) is 17.5 Å². The van der Waals surface area contributed by atoms with Gasteiger partial charge in [0.05, 0.1) is 19.8 Å². The lowest BCUT2D eigenvalue weighted by Crippen LogP contribution is -2.31. The number of aliphatic imine (C=N–C) groups is 1. The third kappa shape index (κ3) is 4.93. The summed E-state index contributed by atoms with van der Waals surface area (Å²) >= 11 is 3.41. The van der Waals surface area contributed by atoms with Gasteiger partial charge in [-0.05, 0) is 36.2 Å². The Bertz CT molecular complexity index is 811. The lowest BCUT2D eigenvalue weighted by molar-refractivity contribution is 0.0424. The molecule has 1 aliphatic rings. The summed E-state index contributed by atoms with van der Waals surface area (Å²) in [7, 11) is 0. The van der Waals surface area contributed by atoms with Gasteiger partial charge in [0.25, 0.3) is 0 Å². The van der Waals surface area contributed by atoms with E-state index in [-0.39, 0.29) is 12.5 Å². The molecule has 0 radical (unpaired) electrons. The highest BCUT2D eigenvalue weighted by Gasteiger charge is 2.27. The van der Waals surface area contributed by atoms with Gasteiger partial charge in [-0.25, -0.2) is 4.99 Å². The van der Waals surface area contributed by atoms with E-state index in [9.17, 15) is 5.11 Å². The topological polar surface area (TPSA) is 89.1 Å². The molecule has 1 aliphatic heterocycles. The van der Waals surface area contributed by atoms with Crippen molar-refractivity contribution < 1.29 is 14.6 Å². The molecule has 0 aliphatic carbocycles. The number of benzene rings is 2. The molecule has 0 saturated carbocycles. The number of anilines is 1. The zero-order valence-corrected chi connectivity index (χ0v) is 16.8. The lowest BCUT2D eigenvalue weighted by atomic mass is 9.91. The van der Waals surface area contributed by atoms with E-state index in [0.717, 1.165) is 27.9 Å². The highest BCUT2D eigenvalue weighted by atomic mass is 79.9. The molecule has 0 aromatic heterocycles. The van der Waals surface area contributed by atoms with E-state index in [2.05, 4.69) is 26.2 Å². The molecule has 6 nitrogen and oxygen atoms in total. The molecule has 0 fully saturated rings. The van der Waals surface area contributed by atoms with E-state index in [1.54, 1.807) is 0 Å². The molecular weight excluding hydrogens is 410 g/mol. The Morgan fingerprint density at radius 2 is 1.89 bits per heavy atom. The van der Waals surface area contributed by atoms with E-state index in [0.29, 0.717) is 25.4 Å². The van der Waals surface area contributed by atoms with E-state index in [4.69, 9.17) is 15.2 Å². The Balaban J connectivity index is 1.69. The molecule has 27 heavy (non-hydrogen) atoms. The van der Waals surface area contributed by atoms with Crippen LogP contribution in [0.2, 0.25) is 0 Å². The van der Waals surface area contributed by atoms with Crippen LogP contribution >= 0.6 is 15.9 Å². The normalized spacial score (nSPS) is 16.3. The molecule has 144 valence electrons. The van der Waals surface area contributed by atoms with Crippen LogP contribution in [-0.4, -0.2) is 30.8 Å². The van der Waals surface area contributed by atoms with Gasteiger partial charge in [0.1, 0.15) is 5.60 Å². The number of guanidine groups is 1. The lowest BCUT2D eigenvalue weighted by Gasteiger charge is -2.25. The van der Waals surface area contributed by atoms with E-state index in [1.165, 1.54) is 0 Å². The number of nitrogens with zero attached hydrogens (tertiary/aromatic N) is 1. The molecular formula is C20H24BrN3O3. The fourth-order valence-electron chi connectivity index (χ4n) is 2.81. The van der Waals surface area contributed by atoms with E-state index >= 15 is 0 Å². The fourth-order valence-corrected chi connectivity index (χ4v) is 3.08. The first-order valence-corrected chi connectivity index (χ1v) is 9.74. The van der Waals surface area contributed by atoms with Crippen LogP contribution in [0.4, 0.5) is 5.69 Å². The van der Waals surface area contributed by atoms with Gasteiger partial charge in [0, 0.05) is 22.6 Å². The number of nitrogens with one attached hydrogen (secondary N) is 1. The number of fused-ring (bicyclic) bond motifs is 1. The predicted octanol–water partition coefficient (Wildman–Crippen LogP) is 3.63. The Morgan fingerprint density at radius 3 is 2.59 bits per heavy atom. The number of ether oxygens (including phenoxy) is 2. The van der Waals surface area contributed by atoms with Crippen molar-refractivity contribution in [3.63, 3.8) is 0 Å². The van der Waals surface area contributed by atoms with Crippen LogP contribution in [0.25, 0.3) is 0 Å². The smallest absolute Gasteiger partial charge is 0.193 e. The molecule has 0 bridgehead atoms. The molecule has 7 heteroatoms. The fraction of sp³-hybridized carbons (Fsp3) is 0.350. The molecule has 3 rings (SSSR count). The SMILES string of the molecule is CCC(O)(CN=C(N)Nc1ccc2c(c1)OCCCO2)c1ccc(Br)cc1. The predicted molar refractivity (Wildman–Crippen MR) is 110 cm³/mol. The molecule has 0 amide bonds. The summed E-state index contributed by atoms with van der Waals surface area (Å²) in [5.41, 5.74) is 6.51. The molecule has 0 saturated heterocycles. The average Bonchev–Trinajstić information content (AvgIpc) is 2.91.